The van der Waals surface area contributed by atoms with Gasteiger partial charge in [-0.05, 0) is 18.6 Å². The molecule has 1 aromatic carbocycles. The van der Waals surface area contributed by atoms with Crippen LogP contribution in [0.15, 0.2) is 53.5 Å². The Hall–Kier alpha value is -1.88. The second-order valence-electron chi connectivity index (χ2n) is 3.98. The average molecular weight is 279 g/mol. The fourth-order valence-electron chi connectivity index (χ4n) is 1.51. The molecule has 0 fully saturated rings. The van der Waals surface area contributed by atoms with Gasteiger partial charge < -0.3 is 5.32 Å². The number of hydrogen-bond donors (Lipinski definition) is 1. The van der Waals surface area contributed by atoms with Crippen molar-refractivity contribution in [3.05, 3.63) is 54.1 Å². The molecular weight excluding hydrogens is 262 g/mol. The lowest BCUT2D eigenvalue weighted by atomic mass is 10.2. The molecule has 19 heavy (non-hydrogen) atoms. The van der Waals surface area contributed by atoms with Crippen LogP contribution in [0.2, 0.25) is 0 Å². The zero-order valence-electron chi connectivity index (χ0n) is 11.0. The molecule has 4 nitrogen and oxygen atoms in total. The fraction of sp³-hybridized carbons (Fsp3) is 0.214. The predicted molar refractivity (Wildman–Crippen MR) is 75.4 cm³/mol. The third-order valence-corrected chi connectivity index (χ3v) is 3.57. The normalized spacial score (nSPS) is 12.1. The number of nitrogens with one attached hydrogen (secondary N) is 1. The van der Waals surface area contributed by atoms with Crippen LogP contribution in [0.25, 0.3) is 0 Å². The number of benzene rings is 1. The van der Waals surface area contributed by atoms with Gasteiger partial charge in [-0.1, -0.05) is 36.4 Å². The summed E-state index contributed by atoms with van der Waals surface area (Å²) in [6.07, 6.45) is 7.72. The molecule has 1 N–H and O–H groups in total. The third kappa shape index (κ3) is 5.09. The van der Waals surface area contributed by atoms with E-state index in [4.69, 9.17) is 0 Å². The van der Waals surface area contributed by atoms with E-state index in [0.29, 0.717) is 5.56 Å². The van der Waals surface area contributed by atoms with Gasteiger partial charge in [-0.25, -0.2) is 8.42 Å². The minimum atomic E-state index is -3.28. The predicted octanol–water partition coefficient (Wildman–Crippen LogP) is 1.84. The molecule has 0 atom stereocenters. The maximum Gasteiger partial charge on any atom is 0.244 e. The van der Waals surface area contributed by atoms with Crippen molar-refractivity contribution in [3.8, 4) is 0 Å². The molecule has 0 aromatic heterocycles. The quantitative estimate of drug-likeness (QED) is 0.661. The van der Waals surface area contributed by atoms with Crippen LogP contribution in [0.5, 0.6) is 0 Å². The Balaban J connectivity index is 2.77. The van der Waals surface area contributed by atoms with Gasteiger partial charge >= 0.3 is 0 Å². The first-order chi connectivity index (χ1) is 8.95. The van der Waals surface area contributed by atoms with Crippen molar-refractivity contribution in [1.29, 1.82) is 0 Å². The highest BCUT2D eigenvalue weighted by atomic mass is 32.2. The van der Waals surface area contributed by atoms with Crippen molar-refractivity contribution in [2.45, 2.75) is 18.4 Å². The molecule has 0 bridgehead atoms. The van der Waals surface area contributed by atoms with E-state index in [1.165, 1.54) is 12.1 Å². The smallest absolute Gasteiger partial charge is 0.244 e. The van der Waals surface area contributed by atoms with Crippen LogP contribution in [0.1, 0.15) is 12.5 Å². The first-order valence-corrected chi connectivity index (χ1v) is 7.69. The Morgan fingerprint density at radius 3 is 2.58 bits per heavy atom. The number of amides is 1. The lowest BCUT2D eigenvalue weighted by molar-refractivity contribution is -0.116. The number of allylic oxidation sites excluding steroid dienone is 3. The highest BCUT2D eigenvalue weighted by Gasteiger charge is 2.12. The van der Waals surface area contributed by atoms with E-state index in [9.17, 15) is 13.2 Å². The van der Waals surface area contributed by atoms with Gasteiger partial charge in [0.25, 0.3) is 0 Å². The number of hydrogen-bond acceptors (Lipinski definition) is 3. The molecule has 0 radical (unpaired) electrons. The summed E-state index contributed by atoms with van der Waals surface area (Å²) in [5, 5.41) is 2.65. The average Bonchev–Trinajstić information content (AvgIpc) is 2.36. The van der Waals surface area contributed by atoms with Gasteiger partial charge in [0.2, 0.25) is 5.91 Å². The molecule has 1 aromatic rings. The summed E-state index contributed by atoms with van der Waals surface area (Å²) >= 11 is 0. The monoisotopic (exact) mass is 279 g/mol. The Morgan fingerprint density at radius 1 is 1.26 bits per heavy atom. The van der Waals surface area contributed by atoms with E-state index >= 15 is 0 Å². The summed E-state index contributed by atoms with van der Waals surface area (Å²) in [6, 6.07) is 6.62. The van der Waals surface area contributed by atoms with Crippen LogP contribution < -0.4 is 5.32 Å². The molecule has 0 aliphatic carbocycles. The number of carbonyl (C=O) groups is 1. The Kier molecular flexibility index (Phi) is 5.51. The van der Waals surface area contributed by atoms with Gasteiger partial charge in [-0.2, -0.15) is 0 Å². The molecule has 0 saturated heterocycles. The van der Waals surface area contributed by atoms with Crippen molar-refractivity contribution < 1.29 is 13.2 Å². The van der Waals surface area contributed by atoms with Crippen molar-refractivity contribution in [2.75, 3.05) is 6.26 Å². The molecule has 0 saturated carbocycles. The molecule has 0 spiro atoms. The van der Waals surface area contributed by atoms with E-state index in [1.54, 1.807) is 30.4 Å². The lowest BCUT2D eigenvalue weighted by Gasteiger charge is -2.07. The van der Waals surface area contributed by atoms with E-state index in [0.717, 1.165) is 6.26 Å². The zero-order chi connectivity index (χ0) is 14.3. The van der Waals surface area contributed by atoms with Gasteiger partial charge in [-0.3, -0.25) is 4.79 Å². The molecular formula is C14H17NO3S. The highest BCUT2D eigenvalue weighted by Crippen LogP contribution is 2.14. The number of sulfone groups is 1. The van der Waals surface area contributed by atoms with Crippen LogP contribution in [-0.2, 0) is 21.2 Å². The van der Waals surface area contributed by atoms with Gasteiger partial charge in [0.05, 0.1) is 4.90 Å². The first-order valence-electron chi connectivity index (χ1n) is 5.80. The SMILES string of the molecule is C/C=C/C=C/C(=O)NCc1ccccc1S(C)(=O)=O. The Bertz CT molecular complexity index is 601. The largest absolute Gasteiger partial charge is 0.348 e. The minimum Gasteiger partial charge on any atom is -0.348 e. The zero-order valence-corrected chi connectivity index (χ0v) is 11.8. The molecule has 102 valence electrons. The van der Waals surface area contributed by atoms with Gasteiger partial charge in [0.15, 0.2) is 9.84 Å². The standard InChI is InChI=1S/C14H17NO3S/c1-3-4-5-10-14(16)15-11-12-8-6-7-9-13(12)19(2,17)18/h3-10H,11H2,1-2H3,(H,15,16)/b4-3+,10-5+. The van der Waals surface area contributed by atoms with Crippen LogP contribution in [0, 0.1) is 0 Å². The maximum atomic E-state index is 11.6. The van der Waals surface area contributed by atoms with Crippen LogP contribution in [-0.4, -0.2) is 20.6 Å². The molecule has 0 unspecified atom stereocenters. The van der Waals surface area contributed by atoms with Crippen molar-refractivity contribution in [1.82, 2.24) is 5.32 Å². The summed E-state index contributed by atoms with van der Waals surface area (Å²) in [6.45, 7) is 2.03. The van der Waals surface area contributed by atoms with E-state index < -0.39 is 9.84 Å². The van der Waals surface area contributed by atoms with Crippen LogP contribution in [0.4, 0.5) is 0 Å². The first kappa shape index (κ1) is 15.2. The Morgan fingerprint density at radius 2 is 1.95 bits per heavy atom. The molecule has 1 rings (SSSR count). The minimum absolute atomic E-state index is 0.183. The summed E-state index contributed by atoms with van der Waals surface area (Å²) in [5.41, 5.74) is 0.581. The van der Waals surface area contributed by atoms with Gasteiger partial charge in [0, 0.05) is 18.9 Å². The summed E-state index contributed by atoms with van der Waals surface area (Å²) in [5.74, 6) is -0.263. The molecule has 0 aliphatic rings. The summed E-state index contributed by atoms with van der Waals surface area (Å²) in [4.78, 5) is 11.7. The highest BCUT2D eigenvalue weighted by molar-refractivity contribution is 7.90. The Labute approximate surface area is 113 Å². The second-order valence-corrected chi connectivity index (χ2v) is 5.97. The third-order valence-electron chi connectivity index (χ3n) is 2.38. The summed E-state index contributed by atoms with van der Waals surface area (Å²) < 4.78 is 23.1. The molecule has 1 amide bonds. The number of carbonyl (C=O) groups excluding carboxylic acids is 1. The van der Waals surface area contributed by atoms with Crippen LogP contribution in [0.3, 0.4) is 0 Å². The van der Waals surface area contributed by atoms with Gasteiger partial charge in [0.1, 0.15) is 0 Å². The molecule has 0 heterocycles. The van der Waals surface area contributed by atoms with Crippen molar-refractivity contribution in [3.63, 3.8) is 0 Å². The van der Waals surface area contributed by atoms with Gasteiger partial charge in [-0.15, -0.1) is 0 Å². The topological polar surface area (TPSA) is 63.2 Å². The van der Waals surface area contributed by atoms with E-state index in [-0.39, 0.29) is 17.3 Å². The maximum absolute atomic E-state index is 11.6. The summed E-state index contributed by atoms with van der Waals surface area (Å²) in [7, 11) is -3.28. The van der Waals surface area contributed by atoms with Crippen LogP contribution >= 0.6 is 0 Å². The second kappa shape index (κ2) is 6.89. The van der Waals surface area contributed by atoms with E-state index in [2.05, 4.69) is 5.32 Å². The molecule has 0 aliphatic heterocycles. The number of rotatable bonds is 5. The van der Waals surface area contributed by atoms with Crippen molar-refractivity contribution >= 4 is 15.7 Å². The lowest BCUT2D eigenvalue weighted by Crippen LogP contribution is -2.21. The molecule has 5 heteroatoms. The van der Waals surface area contributed by atoms with E-state index in [1.807, 2.05) is 13.0 Å². The van der Waals surface area contributed by atoms with Crippen molar-refractivity contribution in [2.24, 2.45) is 0 Å². The fourth-order valence-corrected chi connectivity index (χ4v) is 2.45.